The van der Waals surface area contributed by atoms with E-state index in [0.717, 1.165) is 37.1 Å². The van der Waals surface area contributed by atoms with Gasteiger partial charge in [-0.15, -0.1) is 0 Å². The number of fused-ring (bicyclic) bond motifs is 1. The van der Waals surface area contributed by atoms with Crippen LogP contribution >= 0.6 is 0 Å². The molecule has 1 aliphatic rings. The summed E-state index contributed by atoms with van der Waals surface area (Å²) in [7, 11) is 3.87. The van der Waals surface area contributed by atoms with Gasteiger partial charge in [-0.2, -0.15) is 23.4 Å². The van der Waals surface area contributed by atoms with Gasteiger partial charge in [0, 0.05) is 50.2 Å². The zero-order valence-electron chi connectivity index (χ0n) is 17.6. The summed E-state index contributed by atoms with van der Waals surface area (Å²) in [6, 6.07) is 6.17. The van der Waals surface area contributed by atoms with Crippen molar-refractivity contribution in [2.24, 2.45) is 14.1 Å². The number of benzene rings is 1. The predicted molar refractivity (Wildman–Crippen MR) is 110 cm³/mol. The molecule has 0 aliphatic heterocycles. The Morgan fingerprint density at radius 2 is 1.94 bits per heavy atom. The smallest absolute Gasteiger partial charge is 0.490 e. The van der Waals surface area contributed by atoms with E-state index in [2.05, 4.69) is 21.7 Å². The number of alkyl halides is 3. The molecule has 0 saturated carbocycles. The number of phenols is 1. The van der Waals surface area contributed by atoms with Crippen molar-refractivity contribution >= 4 is 5.97 Å². The van der Waals surface area contributed by atoms with E-state index in [0.29, 0.717) is 11.8 Å². The molecule has 172 valence electrons. The Balaban J connectivity index is 0.000000360. The first-order valence-corrected chi connectivity index (χ1v) is 9.88. The molecule has 8 nitrogen and oxygen atoms in total. The van der Waals surface area contributed by atoms with Crippen LogP contribution in [0, 0.1) is 0 Å². The predicted octanol–water partition coefficient (Wildman–Crippen LogP) is 2.81. The molecular formula is C21H24F3N5O3. The second-order valence-electron chi connectivity index (χ2n) is 7.66. The summed E-state index contributed by atoms with van der Waals surface area (Å²) in [6.07, 6.45) is 3.93. The van der Waals surface area contributed by atoms with E-state index in [1.165, 1.54) is 16.7 Å². The Hall–Kier alpha value is -3.34. The van der Waals surface area contributed by atoms with Gasteiger partial charge >= 0.3 is 12.1 Å². The number of carbonyl (C=O) groups is 1. The minimum Gasteiger partial charge on any atom is -0.508 e. The van der Waals surface area contributed by atoms with Crippen molar-refractivity contribution in [1.29, 1.82) is 0 Å². The maximum absolute atomic E-state index is 10.6. The van der Waals surface area contributed by atoms with Crippen LogP contribution in [0.3, 0.4) is 0 Å². The van der Waals surface area contributed by atoms with E-state index in [9.17, 15) is 18.3 Å². The molecule has 1 aliphatic carbocycles. The number of aromatic hydroxyl groups is 1. The zero-order valence-corrected chi connectivity index (χ0v) is 17.6. The monoisotopic (exact) mass is 451 g/mol. The van der Waals surface area contributed by atoms with Crippen LogP contribution < -0.4 is 5.32 Å². The second kappa shape index (κ2) is 9.43. The zero-order chi connectivity index (χ0) is 23.5. The van der Waals surface area contributed by atoms with Crippen LogP contribution in [-0.2, 0) is 38.3 Å². The summed E-state index contributed by atoms with van der Waals surface area (Å²) in [4.78, 5) is 8.90. The summed E-state index contributed by atoms with van der Waals surface area (Å²) in [5, 5.41) is 29.3. The molecule has 0 fully saturated rings. The van der Waals surface area contributed by atoms with Gasteiger partial charge in [0.15, 0.2) is 0 Å². The van der Waals surface area contributed by atoms with E-state index >= 15 is 0 Å². The minimum atomic E-state index is -5.08. The molecule has 0 saturated heterocycles. The van der Waals surface area contributed by atoms with Crippen LogP contribution in [0.4, 0.5) is 13.2 Å². The summed E-state index contributed by atoms with van der Waals surface area (Å²) >= 11 is 0. The van der Waals surface area contributed by atoms with Crippen molar-refractivity contribution in [2.45, 2.75) is 38.0 Å². The van der Waals surface area contributed by atoms with Gasteiger partial charge in [0.1, 0.15) is 5.75 Å². The SMILES string of the molecule is Cn1cc(-c2nn(C)cc2CNC2CCc3cc(O)ccc3C2)cn1.O=C(O)C(F)(F)F. The normalized spacial score (nSPS) is 15.6. The number of phenolic OH excluding ortho intramolecular Hbond substituents is 1. The Labute approximate surface area is 182 Å². The highest BCUT2D eigenvalue weighted by molar-refractivity contribution is 5.73. The van der Waals surface area contributed by atoms with Crippen molar-refractivity contribution in [3.8, 4) is 17.0 Å². The molecule has 0 amide bonds. The number of nitrogens with one attached hydrogen (secondary N) is 1. The van der Waals surface area contributed by atoms with Crippen LogP contribution in [0.25, 0.3) is 11.3 Å². The quantitative estimate of drug-likeness (QED) is 0.564. The van der Waals surface area contributed by atoms with Crippen LogP contribution in [0.2, 0.25) is 0 Å². The summed E-state index contributed by atoms with van der Waals surface area (Å²) in [5.74, 6) is -2.39. The van der Waals surface area contributed by atoms with E-state index in [1.807, 2.05) is 43.3 Å². The van der Waals surface area contributed by atoms with Gasteiger partial charge in [-0.05, 0) is 42.5 Å². The topological polar surface area (TPSA) is 105 Å². The first-order valence-electron chi connectivity index (χ1n) is 9.88. The van der Waals surface area contributed by atoms with Crippen molar-refractivity contribution in [3.63, 3.8) is 0 Å². The Kier molecular flexibility index (Phi) is 6.87. The lowest BCUT2D eigenvalue weighted by Gasteiger charge is -2.25. The molecular weight excluding hydrogens is 427 g/mol. The van der Waals surface area contributed by atoms with Gasteiger partial charge in [0.2, 0.25) is 0 Å². The minimum absolute atomic E-state index is 0.363. The van der Waals surface area contributed by atoms with Crippen molar-refractivity contribution < 1.29 is 28.2 Å². The molecule has 32 heavy (non-hydrogen) atoms. The van der Waals surface area contributed by atoms with Crippen LogP contribution in [0.5, 0.6) is 5.75 Å². The molecule has 2 heterocycles. The van der Waals surface area contributed by atoms with Crippen LogP contribution in [-0.4, -0.2) is 48.0 Å². The molecule has 0 radical (unpaired) electrons. The first kappa shape index (κ1) is 23.3. The highest BCUT2D eigenvalue weighted by Crippen LogP contribution is 2.26. The average molecular weight is 451 g/mol. The average Bonchev–Trinajstić information content (AvgIpc) is 3.31. The van der Waals surface area contributed by atoms with Gasteiger partial charge in [-0.3, -0.25) is 9.36 Å². The molecule has 2 aromatic heterocycles. The van der Waals surface area contributed by atoms with Gasteiger partial charge in [-0.1, -0.05) is 6.07 Å². The molecule has 1 atom stereocenters. The lowest BCUT2D eigenvalue weighted by Crippen LogP contribution is -2.34. The highest BCUT2D eigenvalue weighted by atomic mass is 19.4. The lowest BCUT2D eigenvalue weighted by molar-refractivity contribution is -0.192. The summed E-state index contributed by atoms with van der Waals surface area (Å²) < 4.78 is 35.4. The number of hydrogen-bond acceptors (Lipinski definition) is 5. The number of rotatable bonds is 4. The fourth-order valence-electron chi connectivity index (χ4n) is 3.62. The molecule has 1 aromatic carbocycles. The largest absolute Gasteiger partial charge is 0.508 e. The Morgan fingerprint density at radius 1 is 1.22 bits per heavy atom. The number of nitrogens with zero attached hydrogens (tertiary/aromatic N) is 4. The molecule has 3 N–H and O–H groups in total. The highest BCUT2D eigenvalue weighted by Gasteiger charge is 2.38. The Morgan fingerprint density at radius 3 is 2.56 bits per heavy atom. The van der Waals surface area contributed by atoms with Gasteiger partial charge in [0.05, 0.1) is 11.9 Å². The van der Waals surface area contributed by atoms with Crippen molar-refractivity contribution in [2.75, 3.05) is 0 Å². The number of halogens is 3. The number of aromatic nitrogens is 4. The van der Waals surface area contributed by atoms with Gasteiger partial charge in [0.25, 0.3) is 0 Å². The summed E-state index contributed by atoms with van der Waals surface area (Å²) in [5.41, 5.74) is 5.83. The van der Waals surface area contributed by atoms with E-state index in [-0.39, 0.29) is 0 Å². The maximum atomic E-state index is 10.6. The third-order valence-electron chi connectivity index (χ3n) is 5.12. The standard InChI is InChI=1S/C19H23N5O.C2HF3O2/c1-23-11-16(10-21-23)19-15(12-24(2)22-19)9-20-17-5-3-14-8-18(25)6-4-13(14)7-17;3-2(4,5)1(6)7/h4,6,8,10-12,17,20,25H,3,5,7,9H2,1-2H3;(H,6,7). The molecule has 1 unspecified atom stereocenters. The van der Waals surface area contributed by atoms with Gasteiger partial charge in [-0.25, -0.2) is 4.79 Å². The number of aryl methyl sites for hydroxylation is 3. The molecule has 11 heteroatoms. The van der Waals surface area contributed by atoms with Crippen molar-refractivity contribution in [1.82, 2.24) is 24.9 Å². The maximum Gasteiger partial charge on any atom is 0.490 e. The van der Waals surface area contributed by atoms with Gasteiger partial charge < -0.3 is 15.5 Å². The third-order valence-corrected chi connectivity index (χ3v) is 5.12. The molecule has 4 rings (SSSR count). The van der Waals surface area contributed by atoms with E-state index in [1.54, 1.807) is 10.7 Å². The molecule has 0 bridgehead atoms. The van der Waals surface area contributed by atoms with E-state index < -0.39 is 12.1 Å². The first-order chi connectivity index (χ1) is 15.0. The number of aliphatic carboxylic acids is 1. The molecule has 0 spiro atoms. The number of hydrogen-bond donors (Lipinski definition) is 3. The fraction of sp³-hybridized carbons (Fsp3) is 0.381. The third kappa shape index (κ3) is 5.88. The number of carboxylic acid groups (broad SMARTS) is 1. The van der Waals surface area contributed by atoms with Crippen LogP contribution in [0.15, 0.2) is 36.8 Å². The Bertz CT molecular complexity index is 1090. The van der Waals surface area contributed by atoms with Crippen LogP contribution in [0.1, 0.15) is 23.1 Å². The number of carboxylic acids is 1. The summed E-state index contributed by atoms with van der Waals surface area (Å²) in [6.45, 7) is 0.788. The fourth-order valence-corrected chi connectivity index (χ4v) is 3.62. The van der Waals surface area contributed by atoms with Crippen molar-refractivity contribution in [3.05, 3.63) is 53.5 Å². The second-order valence-corrected chi connectivity index (χ2v) is 7.66. The lowest BCUT2D eigenvalue weighted by atomic mass is 9.88. The van der Waals surface area contributed by atoms with E-state index in [4.69, 9.17) is 9.90 Å². The molecule has 3 aromatic rings.